The van der Waals surface area contributed by atoms with Gasteiger partial charge in [0, 0.05) is 18.8 Å². The predicted molar refractivity (Wildman–Crippen MR) is 98.4 cm³/mol. The Morgan fingerprint density at radius 2 is 1.67 bits per heavy atom. The van der Waals surface area contributed by atoms with E-state index in [-0.39, 0.29) is 0 Å². The fourth-order valence-electron chi connectivity index (χ4n) is 2.31. The molecule has 1 aliphatic heterocycles. The van der Waals surface area contributed by atoms with Crippen LogP contribution < -0.4 is 16.4 Å². The van der Waals surface area contributed by atoms with Crippen LogP contribution in [0.25, 0.3) is 5.65 Å². The normalized spacial score (nSPS) is 16.0. The number of hydrogen-bond acceptors (Lipinski definition) is 7. The van der Waals surface area contributed by atoms with Crippen molar-refractivity contribution >= 4 is 29.3 Å². The number of fused-ring (bicyclic) bond motifs is 1. The molecule has 2 aromatic rings. The number of carboxylic acid groups (broad SMARTS) is 2. The largest absolute Gasteiger partial charge is 0.490 e. The average molecular weight is 488 g/mol. The smallest absolute Gasteiger partial charge is 0.475 e. The quantitative estimate of drug-likeness (QED) is 0.399. The van der Waals surface area contributed by atoms with Crippen molar-refractivity contribution in [2.75, 3.05) is 18.4 Å². The lowest BCUT2D eigenvalue weighted by molar-refractivity contribution is -0.193. The molecule has 0 radical (unpaired) electrons. The molecule has 0 bridgehead atoms. The lowest BCUT2D eigenvalue weighted by atomic mass is 10.1. The topological polar surface area (TPSA) is 172 Å². The number of primary amides is 1. The maximum absolute atomic E-state index is 11.3. The number of nitrogens with one attached hydrogen (secondary N) is 2. The minimum Gasteiger partial charge on any atom is -0.475 e. The predicted octanol–water partition coefficient (Wildman–Crippen LogP) is 1.26. The van der Waals surface area contributed by atoms with Crippen LogP contribution in [0.15, 0.2) is 18.5 Å². The Morgan fingerprint density at radius 3 is 2.09 bits per heavy atom. The molecule has 6 N–H and O–H groups in total. The molecule has 2 aromatic heterocycles. The van der Waals surface area contributed by atoms with E-state index in [1.54, 1.807) is 10.7 Å². The number of halogens is 6. The second-order valence-electron chi connectivity index (χ2n) is 6.30. The van der Waals surface area contributed by atoms with Crippen LogP contribution in [0.5, 0.6) is 0 Å². The number of hydrogen-bond donors (Lipinski definition) is 5. The minimum atomic E-state index is -5.08. The zero-order chi connectivity index (χ0) is 25.4. The van der Waals surface area contributed by atoms with E-state index in [2.05, 4.69) is 20.7 Å². The lowest BCUT2D eigenvalue weighted by Crippen LogP contribution is -2.38. The summed E-state index contributed by atoms with van der Waals surface area (Å²) in [6, 6.07) is 2.21. The van der Waals surface area contributed by atoms with Gasteiger partial charge in [0.05, 0.1) is 6.20 Å². The van der Waals surface area contributed by atoms with E-state index in [0.717, 1.165) is 31.7 Å². The molecule has 1 aliphatic rings. The maximum Gasteiger partial charge on any atom is 0.490 e. The van der Waals surface area contributed by atoms with Crippen LogP contribution in [0.1, 0.15) is 23.2 Å². The van der Waals surface area contributed by atoms with Gasteiger partial charge in [0.15, 0.2) is 5.65 Å². The van der Waals surface area contributed by atoms with E-state index in [9.17, 15) is 31.1 Å². The number of carbonyl (C=O) groups is 3. The van der Waals surface area contributed by atoms with Crippen LogP contribution >= 0.6 is 0 Å². The number of amides is 1. The van der Waals surface area contributed by atoms with Crippen LogP contribution in [-0.2, 0) is 9.59 Å². The van der Waals surface area contributed by atoms with E-state index in [1.807, 2.05) is 6.07 Å². The molecule has 17 heteroatoms. The van der Waals surface area contributed by atoms with Gasteiger partial charge in [-0.2, -0.15) is 31.4 Å². The SMILES string of the molecule is NC(=O)c1cnn2ccc(NC3CCCNC3)nc12.O=C(O)C(F)(F)F.O=C(O)C(F)(F)F. The van der Waals surface area contributed by atoms with Crippen molar-refractivity contribution < 1.29 is 50.9 Å². The maximum atomic E-state index is 11.3. The average Bonchev–Trinajstić information content (AvgIpc) is 3.12. The number of alkyl halides is 6. The van der Waals surface area contributed by atoms with Crippen molar-refractivity contribution in [3.05, 3.63) is 24.0 Å². The molecule has 1 atom stereocenters. The van der Waals surface area contributed by atoms with Gasteiger partial charge in [-0.05, 0) is 25.5 Å². The number of rotatable bonds is 3. The highest BCUT2D eigenvalue weighted by Gasteiger charge is 2.38. The summed E-state index contributed by atoms with van der Waals surface area (Å²) in [5, 5.41) is 25.0. The van der Waals surface area contributed by atoms with Crippen LogP contribution in [0, 0.1) is 0 Å². The van der Waals surface area contributed by atoms with E-state index < -0.39 is 30.2 Å². The van der Waals surface area contributed by atoms with Gasteiger partial charge in [0.2, 0.25) is 0 Å². The Hall–Kier alpha value is -3.63. The number of nitrogens with two attached hydrogens (primary N) is 1. The Balaban J connectivity index is 0.000000324. The van der Waals surface area contributed by atoms with Crippen LogP contribution in [-0.4, -0.2) is 74.1 Å². The second kappa shape index (κ2) is 11.3. The molecule has 3 rings (SSSR count). The highest BCUT2D eigenvalue weighted by molar-refractivity contribution is 5.98. The zero-order valence-corrected chi connectivity index (χ0v) is 16.4. The first-order valence-corrected chi connectivity index (χ1v) is 8.84. The number of carboxylic acids is 2. The van der Waals surface area contributed by atoms with E-state index in [0.29, 0.717) is 17.3 Å². The number of anilines is 1. The molecule has 184 valence electrons. The van der Waals surface area contributed by atoms with Crippen molar-refractivity contribution in [1.82, 2.24) is 19.9 Å². The monoisotopic (exact) mass is 488 g/mol. The van der Waals surface area contributed by atoms with E-state index >= 15 is 0 Å². The van der Waals surface area contributed by atoms with Crippen molar-refractivity contribution in [3.63, 3.8) is 0 Å². The fourth-order valence-corrected chi connectivity index (χ4v) is 2.31. The third-order valence-corrected chi connectivity index (χ3v) is 3.77. The summed E-state index contributed by atoms with van der Waals surface area (Å²) >= 11 is 0. The minimum absolute atomic E-state index is 0.338. The van der Waals surface area contributed by atoms with Gasteiger partial charge in [-0.3, -0.25) is 4.79 Å². The third-order valence-electron chi connectivity index (χ3n) is 3.77. The second-order valence-corrected chi connectivity index (χ2v) is 6.30. The molecule has 33 heavy (non-hydrogen) atoms. The third kappa shape index (κ3) is 9.17. The Labute approximate surface area is 180 Å². The van der Waals surface area contributed by atoms with Crippen molar-refractivity contribution in [2.45, 2.75) is 31.2 Å². The first-order valence-electron chi connectivity index (χ1n) is 8.84. The molecular formula is C16H18F6N6O5. The van der Waals surface area contributed by atoms with Gasteiger partial charge >= 0.3 is 24.3 Å². The number of piperidine rings is 1. The molecule has 3 heterocycles. The summed E-state index contributed by atoms with van der Waals surface area (Å²) in [4.78, 5) is 33.5. The number of nitrogens with zero attached hydrogens (tertiary/aromatic N) is 3. The van der Waals surface area contributed by atoms with E-state index in [4.69, 9.17) is 25.5 Å². The molecule has 1 amide bonds. The number of aromatic nitrogens is 3. The first kappa shape index (κ1) is 27.4. The summed E-state index contributed by atoms with van der Waals surface area (Å²) < 4.78 is 65.0. The number of carbonyl (C=O) groups excluding carboxylic acids is 1. The Kier molecular flexibility index (Phi) is 9.38. The van der Waals surface area contributed by atoms with Crippen LogP contribution in [0.3, 0.4) is 0 Å². The van der Waals surface area contributed by atoms with Gasteiger partial charge in [-0.25, -0.2) is 19.1 Å². The lowest BCUT2D eigenvalue weighted by Gasteiger charge is -2.24. The van der Waals surface area contributed by atoms with E-state index in [1.165, 1.54) is 6.20 Å². The van der Waals surface area contributed by atoms with Crippen molar-refractivity contribution in [2.24, 2.45) is 5.73 Å². The van der Waals surface area contributed by atoms with Gasteiger partial charge in [-0.15, -0.1) is 0 Å². The summed E-state index contributed by atoms with van der Waals surface area (Å²) in [5.41, 5.74) is 6.12. The Bertz CT molecular complexity index is 947. The van der Waals surface area contributed by atoms with Crippen LogP contribution in [0.2, 0.25) is 0 Å². The van der Waals surface area contributed by atoms with Gasteiger partial charge in [-0.1, -0.05) is 0 Å². The van der Waals surface area contributed by atoms with Gasteiger partial charge < -0.3 is 26.6 Å². The van der Waals surface area contributed by atoms with Crippen molar-refractivity contribution in [1.29, 1.82) is 0 Å². The molecule has 0 aromatic carbocycles. The number of aliphatic carboxylic acids is 2. The molecule has 0 saturated carbocycles. The molecule has 1 unspecified atom stereocenters. The first-order chi connectivity index (χ1) is 15.1. The summed E-state index contributed by atoms with van der Waals surface area (Å²) in [5.74, 6) is -5.29. The standard InChI is InChI=1S/C12H16N6O.2C2HF3O2/c13-11(19)9-7-15-18-5-3-10(17-12(9)18)16-8-2-1-4-14-6-8;2*3-2(4,5)1(6)7/h3,5,7-8,14H,1-2,4,6H2,(H2,13,19)(H,16,17);2*(H,6,7). The fraction of sp³-hybridized carbons (Fsp3) is 0.438. The molecule has 11 nitrogen and oxygen atoms in total. The molecule has 1 saturated heterocycles. The summed E-state index contributed by atoms with van der Waals surface area (Å²) in [6.45, 7) is 1.99. The zero-order valence-electron chi connectivity index (χ0n) is 16.4. The Morgan fingerprint density at radius 1 is 1.12 bits per heavy atom. The molecule has 0 spiro atoms. The molecule has 1 fully saturated rings. The highest BCUT2D eigenvalue weighted by Crippen LogP contribution is 2.15. The molecular weight excluding hydrogens is 470 g/mol. The van der Waals surface area contributed by atoms with Gasteiger partial charge in [0.1, 0.15) is 11.4 Å². The van der Waals surface area contributed by atoms with Gasteiger partial charge in [0.25, 0.3) is 5.91 Å². The summed E-state index contributed by atoms with van der Waals surface area (Å²) in [6.07, 6.45) is -4.69. The van der Waals surface area contributed by atoms with Crippen LogP contribution in [0.4, 0.5) is 32.2 Å². The highest BCUT2D eigenvalue weighted by atomic mass is 19.4. The summed E-state index contributed by atoms with van der Waals surface area (Å²) in [7, 11) is 0. The van der Waals surface area contributed by atoms with Crippen molar-refractivity contribution in [3.8, 4) is 0 Å². The molecule has 0 aliphatic carbocycles.